The highest BCUT2D eigenvalue weighted by Gasteiger charge is 2.05. The summed E-state index contributed by atoms with van der Waals surface area (Å²) in [5, 5.41) is 1.76. The van der Waals surface area contributed by atoms with Gasteiger partial charge in [0.05, 0.1) is 16.2 Å². The second-order valence-corrected chi connectivity index (χ2v) is 5.70. The van der Waals surface area contributed by atoms with Crippen molar-refractivity contribution in [3.05, 3.63) is 59.2 Å². The molecule has 1 heterocycles. The van der Waals surface area contributed by atoms with Gasteiger partial charge in [-0.1, -0.05) is 35.9 Å². The van der Waals surface area contributed by atoms with Crippen LogP contribution in [0.3, 0.4) is 0 Å². The molecule has 3 rings (SSSR count). The Morgan fingerprint density at radius 3 is 2.70 bits per heavy atom. The van der Waals surface area contributed by atoms with Gasteiger partial charge in [-0.3, -0.25) is 0 Å². The second-order valence-electron chi connectivity index (χ2n) is 4.42. The lowest BCUT2D eigenvalue weighted by Gasteiger charge is -2.07. The van der Waals surface area contributed by atoms with Gasteiger partial charge in [-0.05, 0) is 35.7 Å². The molecule has 4 N–H and O–H groups in total. The predicted octanol–water partition coefficient (Wildman–Crippen LogP) is 4.40. The van der Waals surface area contributed by atoms with E-state index in [-0.39, 0.29) is 0 Å². The van der Waals surface area contributed by atoms with Crippen LogP contribution in [0.15, 0.2) is 53.6 Å². The minimum atomic E-state index is 0.568. The lowest BCUT2D eigenvalue weighted by molar-refractivity contribution is 1.07. The Labute approximate surface area is 126 Å². The van der Waals surface area contributed by atoms with Crippen molar-refractivity contribution < 1.29 is 0 Å². The molecule has 0 bridgehead atoms. The van der Waals surface area contributed by atoms with Gasteiger partial charge in [0, 0.05) is 23.0 Å². The molecule has 5 heteroatoms. The van der Waals surface area contributed by atoms with Crippen molar-refractivity contribution in [2.45, 2.75) is 11.4 Å². The van der Waals surface area contributed by atoms with Crippen molar-refractivity contribution >= 4 is 40.1 Å². The molecule has 0 saturated carbocycles. The van der Waals surface area contributed by atoms with Crippen molar-refractivity contribution in [2.75, 3.05) is 4.72 Å². The molecule has 0 atom stereocenters. The van der Waals surface area contributed by atoms with Crippen molar-refractivity contribution in [3.63, 3.8) is 0 Å². The summed E-state index contributed by atoms with van der Waals surface area (Å²) in [7, 11) is 0. The van der Waals surface area contributed by atoms with Gasteiger partial charge in [-0.25, -0.2) is 0 Å². The van der Waals surface area contributed by atoms with Crippen LogP contribution < -0.4 is 10.5 Å². The van der Waals surface area contributed by atoms with E-state index in [1.807, 2.05) is 30.3 Å². The molecular weight excluding hydrogens is 290 g/mol. The number of hydrogen-bond acceptors (Lipinski definition) is 3. The minimum absolute atomic E-state index is 0.568. The summed E-state index contributed by atoms with van der Waals surface area (Å²) in [4.78, 5) is 4.32. The number of nitrogens with one attached hydrogen (secondary N) is 2. The predicted molar refractivity (Wildman–Crippen MR) is 87.1 cm³/mol. The van der Waals surface area contributed by atoms with Crippen LogP contribution in [0.2, 0.25) is 5.02 Å². The SMILES string of the molecule is NCc1ccc(SNc2cccc3c(Cl)c[nH]c23)cc1. The first-order valence-electron chi connectivity index (χ1n) is 6.25. The Hall–Kier alpha value is -1.62. The quantitative estimate of drug-likeness (QED) is 0.626. The number of halogens is 1. The van der Waals surface area contributed by atoms with Crippen LogP contribution in [-0.2, 0) is 6.54 Å². The van der Waals surface area contributed by atoms with Crippen LogP contribution in [0.5, 0.6) is 0 Å². The van der Waals surface area contributed by atoms with E-state index in [9.17, 15) is 0 Å². The molecule has 20 heavy (non-hydrogen) atoms. The van der Waals surface area contributed by atoms with E-state index in [0.29, 0.717) is 6.54 Å². The Morgan fingerprint density at radius 1 is 1.15 bits per heavy atom. The highest BCUT2D eigenvalue weighted by molar-refractivity contribution is 8.00. The summed E-state index contributed by atoms with van der Waals surface area (Å²) >= 11 is 7.68. The number of para-hydroxylation sites is 1. The lowest BCUT2D eigenvalue weighted by atomic mass is 10.2. The number of benzene rings is 2. The summed E-state index contributed by atoms with van der Waals surface area (Å²) in [6.07, 6.45) is 1.80. The Bertz CT molecular complexity index is 722. The highest BCUT2D eigenvalue weighted by atomic mass is 35.5. The molecule has 2 aromatic carbocycles. The highest BCUT2D eigenvalue weighted by Crippen LogP contribution is 2.31. The van der Waals surface area contributed by atoms with Gasteiger partial charge in [0.1, 0.15) is 0 Å². The zero-order chi connectivity index (χ0) is 13.9. The van der Waals surface area contributed by atoms with Crippen molar-refractivity contribution in [2.24, 2.45) is 5.73 Å². The average molecular weight is 304 g/mol. The van der Waals surface area contributed by atoms with Gasteiger partial charge in [0.15, 0.2) is 0 Å². The molecule has 0 radical (unpaired) electrons. The van der Waals surface area contributed by atoms with E-state index in [4.69, 9.17) is 17.3 Å². The molecular formula is C15H14ClN3S. The van der Waals surface area contributed by atoms with Gasteiger partial charge in [-0.2, -0.15) is 0 Å². The Morgan fingerprint density at radius 2 is 1.95 bits per heavy atom. The van der Waals surface area contributed by atoms with Gasteiger partial charge in [0.2, 0.25) is 0 Å². The summed E-state index contributed by atoms with van der Waals surface area (Å²) in [6.45, 7) is 0.568. The molecule has 0 fully saturated rings. The molecule has 0 aliphatic carbocycles. The average Bonchev–Trinajstić information content (AvgIpc) is 2.88. The normalized spacial score (nSPS) is 10.9. The Kier molecular flexibility index (Phi) is 3.87. The number of aromatic amines is 1. The van der Waals surface area contributed by atoms with E-state index in [0.717, 1.165) is 32.1 Å². The molecule has 0 aliphatic heterocycles. The molecule has 1 aromatic heterocycles. The summed E-state index contributed by atoms with van der Waals surface area (Å²) in [5.41, 5.74) is 8.76. The van der Waals surface area contributed by atoms with Crippen LogP contribution >= 0.6 is 23.5 Å². The molecule has 0 aliphatic rings. The lowest BCUT2D eigenvalue weighted by Crippen LogP contribution is -1.95. The van der Waals surface area contributed by atoms with Crippen molar-refractivity contribution in [1.29, 1.82) is 0 Å². The first-order chi connectivity index (χ1) is 9.78. The zero-order valence-corrected chi connectivity index (χ0v) is 12.3. The largest absolute Gasteiger partial charge is 0.358 e. The number of aromatic nitrogens is 1. The monoisotopic (exact) mass is 303 g/mol. The van der Waals surface area contributed by atoms with Crippen molar-refractivity contribution in [3.8, 4) is 0 Å². The first-order valence-corrected chi connectivity index (χ1v) is 7.45. The molecule has 0 saturated heterocycles. The molecule has 102 valence electrons. The fourth-order valence-electron chi connectivity index (χ4n) is 2.01. The zero-order valence-electron chi connectivity index (χ0n) is 10.7. The third kappa shape index (κ3) is 2.63. The first kappa shape index (κ1) is 13.4. The van der Waals surface area contributed by atoms with Gasteiger partial charge < -0.3 is 15.4 Å². The van der Waals surface area contributed by atoms with E-state index >= 15 is 0 Å². The fourth-order valence-corrected chi connectivity index (χ4v) is 2.89. The smallest absolute Gasteiger partial charge is 0.0713 e. The molecule has 0 unspecified atom stereocenters. The second kappa shape index (κ2) is 5.79. The van der Waals surface area contributed by atoms with Crippen LogP contribution in [0.25, 0.3) is 10.9 Å². The van der Waals surface area contributed by atoms with Crippen LogP contribution in [0.4, 0.5) is 5.69 Å². The molecule has 0 amide bonds. The topological polar surface area (TPSA) is 53.8 Å². The van der Waals surface area contributed by atoms with E-state index in [1.54, 1.807) is 18.1 Å². The van der Waals surface area contributed by atoms with Crippen LogP contribution in [0.1, 0.15) is 5.56 Å². The third-order valence-electron chi connectivity index (χ3n) is 3.10. The summed E-state index contributed by atoms with van der Waals surface area (Å²) in [5.74, 6) is 0. The van der Waals surface area contributed by atoms with Gasteiger partial charge in [0.25, 0.3) is 0 Å². The third-order valence-corrected chi connectivity index (χ3v) is 4.25. The van der Waals surface area contributed by atoms with Gasteiger partial charge >= 0.3 is 0 Å². The standard InChI is InChI=1S/C15H14ClN3S/c16-13-9-18-15-12(13)2-1-3-14(15)19-20-11-6-4-10(8-17)5-7-11/h1-7,9,18-19H,8,17H2. The number of fused-ring (bicyclic) bond motifs is 1. The number of H-pyrrole nitrogens is 1. The maximum atomic E-state index is 6.12. The summed E-state index contributed by atoms with van der Waals surface area (Å²) < 4.78 is 3.35. The molecule has 3 aromatic rings. The van der Waals surface area contributed by atoms with Crippen molar-refractivity contribution in [1.82, 2.24) is 4.98 Å². The van der Waals surface area contributed by atoms with E-state index in [2.05, 4.69) is 21.8 Å². The maximum Gasteiger partial charge on any atom is 0.0713 e. The number of rotatable bonds is 4. The number of nitrogens with two attached hydrogens (primary N) is 1. The molecule has 0 spiro atoms. The molecule has 3 nitrogen and oxygen atoms in total. The van der Waals surface area contributed by atoms with Crippen LogP contribution in [-0.4, -0.2) is 4.98 Å². The van der Waals surface area contributed by atoms with E-state index in [1.165, 1.54) is 0 Å². The fraction of sp³-hybridized carbons (Fsp3) is 0.0667. The van der Waals surface area contributed by atoms with Crippen LogP contribution in [0, 0.1) is 0 Å². The number of anilines is 1. The van der Waals surface area contributed by atoms with E-state index < -0.39 is 0 Å². The summed E-state index contributed by atoms with van der Waals surface area (Å²) in [6, 6.07) is 14.2. The number of hydrogen-bond donors (Lipinski definition) is 3. The Balaban J connectivity index is 1.79. The minimum Gasteiger partial charge on any atom is -0.358 e. The maximum absolute atomic E-state index is 6.12. The van der Waals surface area contributed by atoms with Gasteiger partial charge in [-0.15, -0.1) is 0 Å².